The summed E-state index contributed by atoms with van der Waals surface area (Å²) < 4.78 is 1.69. The van der Waals surface area contributed by atoms with E-state index in [1.165, 1.54) is 0 Å². The van der Waals surface area contributed by atoms with E-state index >= 15 is 0 Å². The molecule has 0 atom stereocenters. The average molecular weight is 273 g/mol. The molecule has 1 rings (SSSR count). The predicted molar refractivity (Wildman–Crippen MR) is 83.5 cm³/mol. The van der Waals surface area contributed by atoms with Gasteiger partial charge in [0.15, 0.2) is 0 Å². The van der Waals surface area contributed by atoms with Crippen LogP contribution in [-0.2, 0) is 0 Å². The highest BCUT2D eigenvalue weighted by Gasteiger charge is 2.46. The molecule has 0 amide bonds. The van der Waals surface area contributed by atoms with Gasteiger partial charge in [0.2, 0.25) is 0 Å². The van der Waals surface area contributed by atoms with Crippen LogP contribution in [0, 0.1) is 0 Å². The smallest absolute Gasteiger partial charge is 0.103 e. The molecule has 1 aliphatic rings. The van der Waals surface area contributed by atoms with Crippen LogP contribution in [0.2, 0.25) is 16.6 Å². The summed E-state index contributed by atoms with van der Waals surface area (Å²) in [4.78, 5) is 0. The van der Waals surface area contributed by atoms with Gasteiger partial charge < -0.3 is 0 Å². The van der Waals surface area contributed by atoms with Crippen molar-refractivity contribution in [3.8, 4) is 0 Å². The van der Waals surface area contributed by atoms with Gasteiger partial charge in [-0.25, -0.2) is 0 Å². The van der Waals surface area contributed by atoms with Crippen molar-refractivity contribution in [1.29, 1.82) is 0 Å². The molecule has 0 aromatic rings. The van der Waals surface area contributed by atoms with Gasteiger partial charge in [0.25, 0.3) is 0 Å². The van der Waals surface area contributed by atoms with E-state index in [0.29, 0.717) is 0 Å². The lowest BCUT2D eigenvalue weighted by Gasteiger charge is -2.44. The Morgan fingerprint density at radius 1 is 0.875 bits per heavy atom. The lowest BCUT2D eigenvalue weighted by atomic mass is 10.5. The minimum absolute atomic E-state index is 0.818. The molecule has 0 N–H and O–H groups in total. The average Bonchev–Trinajstić information content (AvgIpc) is 2.18. The Bertz CT molecular complexity index is 269. The molecule has 0 bridgehead atoms. The lowest BCUT2D eigenvalue weighted by Crippen LogP contribution is -2.45. The Labute approximate surface area is 110 Å². The first-order valence-electron chi connectivity index (χ1n) is 6.11. The van der Waals surface area contributed by atoms with Crippen LogP contribution in [0.5, 0.6) is 0 Å². The number of thioether (sulfide) groups is 2. The molecule has 1 aliphatic heterocycles. The minimum Gasteiger partial charge on any atom is -0.106 e. The topological polar surface area (TPSA) is 0 Å². The Morgan fingerprint density at radius 3 is 1.69 bits per heavy atom. The summed E-state index contributed by atoms with van der Waals surface area (Å²) in [6.45, 7) is 14.6. The molecule has 0 aromatic carbocycles. The van der Waals surface area contributed by atoms with Crippen LogP contribution in [0.15, 0.2) is 20.8 Å². The maximum Gasteiger partial charge on any atom is 0.103 e. The van der Waals surface area contributed by atoms with Gasteiger partial charge in [0.1, 0.15) is 8.07 Å². The molecule has 3 heteroatoms. The predicted octanol–water partition coefficient (Wildman–Crippen LogP) is 6.00. The lowest BCUT2D eigenvalue weighted by molar-refractivity contribution is 0.831. The summed E-state index contributed by atoms with van der Waals surface area (Å²) in [5.41, 5.74) is 2.45. The van der Waals surface area contributed by atoms with Gasteiger partial charge in [-0.3, -0.25) is 0 Å². The largest absolute Gasteiger partial charge is 0.106 e. The fourth-order valence-corrected chi connectivity index (χ4v) is 14.4. The fourth-order valence-electron chi connectivity index (χ4n) is 3.32. The van der Waals surface area contributed by atoms with Gasteiger partial charge >= 0.3 is 0 Å². The molecule has 0 aliphatic carbocycles. The molecule has 0 saturated heterocycles. The second kappa shape index (κ2) is 5.83. The molecule has 0 fully saturated rings. The van der Waals surface area contributed by atoms with Crippen molar-refractivity contribution in [2.45, 2.75) is 58.2 Å². The third kappa shape index (κ3) is 2.46. The zero-order valence-corrected chi connectivity index (χ0v) is 13.9. The quantitative estimate of drug-likeness (QED) is 0.576. The Kier molecular flexibility index (Phi) is 5.27. The van der Waals surface area contributed by atoms with Crippen LogP contribution in [-0.4, -0.2) is 8.07 Å². The highest BCUT2D eigenvalue weighted by molar-refractivity contribution is 8.13. The van der Waals surface area contributed by atoms with E-state index in [1.54, 1.807) is 4.53 Å². The maximum atomic E-state index is 2.43. The monoisotopic (exact) mass is 272 g/mol. The molecule has 0 unspecified atom stereocenters. The van der Waals surface area contributed by atoms with E-state index < -0.39 is 8.07 Å². The Balaban J connectivity index is 3.16. The van der Waals surface area contributed by atoms with Gasteiger partial charge in [-0.2, -0.15) is 0 Å². The zero-order chi connectivity index (χ0) is 12.3. The van der Waals surface area contributed by atoms with Crippen molar-refractivity contribution in [2.75, 3.05) is 0 Å². The van der Waals surface area contributed by atoms with Crippen LogP contribution in [0.3, 0.4) is 0 Å². The SMILES string of the molecule is CC(C)[Si](C1=CSC=CS1)(C(C)C)C(C)C. The third-order valence-electron chi connectivity index (χ3n) is 3.80. The standard InChI is InChI=1S/C13H24S2Si/c1-10(2)16(11(3)4,12(5)6)13-9-14-7-8-15-13/h7-12H,1-6H3. The van der Waals surface area contributed by atoms with Gasteiger partial charge in [-0.1, -0.05) is 41.5 Å². The van der Waals surface area contributed by atoms with E-state index in [0.717, 1.165) is 16.6 Å². The summed E-state index contributed by atoms with van der Waals surface area (Å²) in [7, 11) is -1.37. The highest BCUT2D eigenvalue weighted by Crippen LogP contribution is 2.51. The van der Waals surface area contributed by atoms with Crippen LogP contribution in [0.1, 0.15) is 41.5 Å². The van der Waals surface area contributed by atoms with E-state index in [1.807, 2.05) is 23.5 Å². The number of hydrogen-bond donors (Lipinski definition) is 0. The zero-order valence-electron chi connectivity index (χ0n) is 11.3. The Morgan fingerprint density at radius 2 is 1.38 bits per heavy atom. The molecular formula is C13H24S2Si. The Hall–Kier alpha value is 0.397. The van der Waals surface area contributed by atoms with Crippen LogP contribution < -0.4 is 0 Å². The van der Waals surface area contributed by atoms with Crippen LogP contribution >= 0.6 is 23.5 Å². The molecule has 1 heterocycles. The van der Waals surface area contributed by atoms with Crippen LogP contribution in [0.25, 0.3) is 0 Å². The van der Waals surface area contributed by atoms with Gasteiger partial charge in [-0.15, -0.1) is 23.5 Å². The first-order chi connectivity index (χ1) is 7.44. The van der Waals surface area contributed by atoms with Crippen molar-refractivity contribution >= 4 is 31.6 Å². The third-order valence-corrected chi connectivity index (χ3v) is 13.8. The van der Waals surface area contributed by atoms with Crippen molar-refractivity contribution in [2.24, 2.45) is 0 Å². The molecule has 0 saturated carbocycles. The minimum atomic E-state index is -1.37. The number of hydrogen-bond acceptors (Lipinski definition) is 2. The van der Waals surface area contributed by atoms with E-state index in [-0.39, 0.29) is 0 Å². The molecule has 0 nitrogen and oxygen atoms in total. The molecule has 16 heavy (non-hydrogen) atoms. The normalized spacial score (nSPS) is 17.4. The number of rotatable bonds is 4. The summed E-state index contributed by atoms with van der Waals surface area (Å²) in [6, 6.07) is 0. The summed E-state index contributed by atoms with van der Waals surface area (Å²) >= 11 is 3.83. The summed E-state index contributed by atoms with van der Waals surface area (Å²) in [6.07, 6.45) is 0. The summed E-state index contributed by atoms with van der Waals surface area (Å²) in [5.74, 6) is 0. The first kappa shape index (κ1) is 14.5. The fraction of sp³-hybridized carbons (Fsp3) is 0.692. The second-order valence-electron chi connectivity index (χ2n) is 5.41. The molecule has 0 radical (unpaired) electrons. The molecule has 92 valence electrons. The summed E-state index contributed by atoms with van der Waals surface area (Å²) in [5, 5.41) is 6.86. The first-order valence-corrected chi connectivity index (χ1v) is 10.2. The van der Waals surface area contributed by atoms with Gasteiger partial charge in [0.05, 0.1) is 0 Å². The van der Waals surface area contributed by atoms with E-state index in [9.17, 15) is 0 Å². The van der Waals surface area contributed by atoms with E-state index in [4.69, 9.17) is 0 Å². The molecular weight excluding hydrogens is 248 g/mol. The van der Waals surface area contributed by atoms with E-state index in [2.05, 4.69) is 57.8 Å². The van der Waals surface area contributed by atoms with Crippen molar-refractivity contribution < 1.29 is 0 Å². The molecule has 0 aromatic heterocycles. The van der Waals surface area contributed by atoms with Crippen LogP contribution in [0.4, 0.5) is 0 Å². The highest BCUT2D eigenvalue weighted by atomic mass is 32.2. The van der Waals surface area contributed by atoms with Crippen molar-refractivity contribution in [1.82, 2.24) is 0 Å². The molecule has 0 spiro atoms. The van der Waals surface area contributed by atoms with Crippen molar-refractivity contribution in [3.63, 3.8) is 0 Å². The maximum absolute atomic E-state index is 2.43. The van der Waals surface area contributed by atoms with Crippen molar-refractivity contribution in [3.05, 3.63) is 20.8 Å². The van der Waals surface area contributed by atoms with Gasteiger partial charge in [-0.05, 0) is 37.4 Å². The second-order valence-corrected chi connectivity index (χ2v) is 13.4. The van der Waals surface area contributed by atoms with Gasteiger partial charge in [0, 0.05) is 0 Å².